The fraction of sp³-hybridized carbons (Fsp3) is 0.417. The average molecular weight is 351 g/mol. The number of carboxylic acids is 1. The van der Waals surface area contributed by atoms with Crippen LogP contribution in [-0.2, 0) is 9.09 Å². The van der Waals surface area contributed by atoms with Crippen LogP contribution < -0.4 is 5.32 Å². The molecule has 1 rings (SSSR count). The number of phosphoric acid groups is 1. The van der Waals surface area contributed by atoms with Crippen LogP contribution in [0, 0.1) is 0 Å². The number of aliphatic hydroxyl groups is 3. The van der Waals surface area contributed by atoms with Crippen LogP contribution in [0.4, 0.5) is 5.69 Å². The lowest BCUT2D eigenvalue weighted by atomic mass is 10.1. The molecule has 0 amide bonds. The van der Waals surface area contributed by atoms with Gasteiger partial charge in [-0.05, 0) is 12.1 Å². The number of phosphoric ester groups is 1. The van der Waals surface area contributed by atoms with Gasteiger partial charge in [-0.3, -0.25) is 4.52 Å². The number of aliphatic hydroxyl groups excluding tert-OH is 3. The van der Waals surface area contributed by atoms with Crippen LogP contribution in [0.3, 0.4) is 0 Å². The van der Waals surface area contributed by atoms with Gasteiger partial charge in [0.1, 0.15) is 12.2 Å². The monoisotopic (exact) mass is 351 g/mol. The van der Waals surface area contributed by atoms with E-state index in [2.05, 4.69) is 9.84 Å². The molecule has 0 bridgehead atoms. The van der Waals surface area contributed by atoms with Gasteiger partial charge in [-0.1, -0.05) is 12.1 Å². The third-order valence-corrected chi connectivity index (χ3v) is 3.35. The average Bonchev–Trinajstić information content (AvgIpc) is 2.48. The van der Waals surface area contributed by atoms with Gasteiger partial charge in [0.15, 0.2) is 0 Å². The Hall–Kier alpha value is -1.52. The minimum Gasteiger partial charge on any atom is -0.478 e. The van der Waals surface area contributed by atoms with Crippen molar-refractivity contribution in [1.82, 2.24) is 0 Å². The van der Waals surface area contributed by atoms with Gasteiger partial charge in [0.05, 0.1) is 18.3 Å². The maximum absolute atomic E-state index is 11.0. The highest BCUT2D eigenvalue weighted by molar-refractivity contribution is 7.46. The first-order chi connectivity index (χ1) is 10.6. The zero-order valence-corrected chi connectivity index (χ0v) is 12.7. The molecule has 0 aromatic heterocycles. The number of rotatable bonds is 9. The summed E-state index contributed by atoms with van der Waals surface area (Å²) in [6.45, 7) is -1.19. The Bertz CT molecular complexity index is 575. The SMILES string of the molecule is O=C(O)c1ccccc1NC[C@H](O)[C@H](O)[C@H](O)COP(=O)(O)O. The molecule has 0 aliphatic carbocycles. The van der Waals surface area contributed by atoms with E-state index in [0.717, 1.165) is 0 Å². The van der Waals surface area contributed by atoms with Crippen LogP contribution in [0.25, 0.3) is 0 Å². The van der Waals surface area contributed by atoms with Gasteiger partial charge < -0.3 is 35.5 Å². The maximum atomic E-state index is 11.0. The standard InChI is InChI=1S/C12H18NO9P/c14-9(11(16)10(15)6-22-23(19,20)21)5-13-8-4-2-1-3-7(8)12(17)18/h1-4,9-11,13-16H,5-6H2,(H,17,18)(H2,19,20,21)/t9-,10+,11-/m0/s1. The topological polar surface area (TPSA) is 177 Å². The van der Waals surface area contributed by atoms with Crippen LogP contribution in [0.5, 0.6) is 0 Å². The molecule has 3 atom stereocenters. The first-order valence-electron chi connectivity index (χ1n) is 6.42. The molecule has 7 N–H and O–H groups in total. The third kappa shape index (κ3) is 6.63. The molecule has 0 saturated heterocycles. The highest BCUT2D eigenvalue weighted by Gasteiger charge is 2.27. The second-order valence-corrected chi connectivity index (χ2v) is 5.88. The Morgan fingerprint density at radius 2 is 1.78 bits per heavy atom. The summed E-state index contributed by atoms with van der Waals surface area (Å²) in [7, 11) is -4.80. The zero-order valence-electron chi connectivity index (χ0n) is 11.8. The highest BCUT2D eigenvalue weighted by atomic mass is 31.2. The van der Waals surface area contributed by atoms with E-state index in [9.17, 15) is 24.7 Å². The van der Waals surface area contributed by atoms with Gasteiger partial charge in [0.2, 0.25) is 0 Å². The number of benzene rings is 1. The molecule has 23 heavy (non-hydrogen) atoms. The van der Waals surface area contributed by atoms with Crippen molar-refractivity contribution in [2.24, 2.45) is 0 Å². The number of carbonyl (C=O) groups is 1. The summed E-state index contributed by atoms with van der Waals surface area (Å²) in [6, 6.07) is 5.88. The lowest BCUT2D eigenvalue weighted by Crippen LogP contribution is -2.43. The summed E-state index contributed by atoms with van der Waals surface area (Å²) in [5.41, 5.74) is 0.159. The normalized spacial score (nSPS) is 15.7. The van der Waals surface area contributed by atoms with Crippen molar-refractivity contribution in [3.05, 3.63) is 29.8 Å². The summed E-state index contributed by atoms with van der Waals surface area (Å²) in [5.74, 6) is -1.18. The number of nitrogens with one attached hydrogen (secondary N) is 1. The number of hydrogen-bond donors (Lipinski definition) is 7. The second-order valence-electron chi connectivity index (χ2n) is 4.64. The second kappa shape index (κ2) is 8.37. The minimum absolute atomic E-state index is 0.0421. The Morgan fingerprint density at radius 1 is 1.17 bits per heavy atom. The third-order valence-electron chi connectivity index (χ3n) is 2.86. The predicted molar refractivity (Wildman–Crippen MR) is 77.9 cm³/mol. The number of anilines is 1. The molecular weight excluding hydrogens is 333 g/mol. The smallest absolute Gasteiger partial charge is 0.469 e. The first-order valence-corrected chi connectivity index (χ1v) is 7.95. The van der Waals surface area contributed by atoms with Crippen molar-refractivity contribution in [3.8, 4) is 0 Å². The molecule has 0 aliphatic heterocycles. The molecule has 0 fully saturated rings. The Balaban J connectivity index is 2.57. The molecular formula is C12H18NO9P. The minimum atomic E-state index is -4.80. The number of aromatic carboxylic acids is 1. The van der Waals surface area contributed by atoms with E-state index < -0.39 is 38.7 Å². The first kappa shape index (κ1) is 19.5. The number of hydrogen-bond acceptors (Lipinski definition) is 7. The molecule has 0 spiro atoms. The van der Waals surface area contributed by atoms with Gasteiger partial charge in [-0.25, -0.2) is 9.36 Å². The largest absolute Gasteiger partial charge is 0.478 e. The molecule has 0 saturated carbocycles. The summed E-state index contributed by atoms with van der Waals surface area (Å²) in [4.78, 5) is 28.0. The van der Waals surface area contributed by atoms with E-state index in [1.54, 1.807) is 6.07 Å². The van der Waals surface area contributed by atoms with E-state index in [1.807, 2.05) is 0 Å². The van der Waals surface area contributed by atoms with Crippen LogP contribution in [-0.4, -0.2) is 67.6 Å². The van der Waals surface area contributed by atoms with Crippen molar-refractivity contribution in [1.29, 1.82) is 0 Å². The molecule has 130 valence electrons. The van der Waals surface area contributed by atoms with Crippen molar-refractivity contribution in [2.45, 2.75) is 18.3 Å². The van der Waals surface area contributed by atoms with E-state index in [0.29, 0.717) is 0 Å². The lowest BCUT2D eigenvalue weighted by Gasteiger charge is -2.23. The summed E-state index contributed by atoms with van der Waals surface area (Å²) < 4.78 is 14.5. The fourth-order valence-electron chi connectivity index (χ4n) is 1.69. The maximum Gasteiger partial charge on any atom is 0.469 e. The Kier molecular flexibility index (Phi) is 7.10. The predicted octanol–water partition coefficient (Wildman–Crippen LogP) is -1.01. The van der Waals surface area contributed by atoms with E-state index in [-0.39, 0.29) is 17.8 Å². The molecule has 1 aromatic carbocycles. The lowest BCUT2D eigenvalue weighted by molar-refractivity contribution is -0.0705. The highest BCUT2D eigenvalue weighted by Crippen LogP contribution is 2.35. The van der Waals surface area contributed by atoms with Gasteiger partial charge in [0.25, 0.3) is 0 Å². The summed E-state index contributed by atoms with van der Waals surface area (Å²) in [5, 5.41) is 40.5. The van der Waals surface area contributed by atoms with Crippen LogP contribution >= 0.6 is 7.82 Å². The van der Waals surface area contributed by atoms with Crippen LogP contribution in [0.15, 0.2) is 24.3 Å². The Morgan fingerprint density at radius 3 is 2.35 bits per heavy atom. The zero-order chi connectivity index (χ0) is 17.6. The molecule has 0 unspecified atom stereocenters. The van der Waals surface area contributed by atoms with Crippen molar-refractivity contribution in [2.75, 3.05) is 18.5 Å². The quantitative estimate of drug-likeness (QED) is 0.273. The van der Waals surface area contributed by atoms with Gasteiger partial charge in [0, 0.05) is 12.2 Å². The van der Waals surface area contributed by atoms with Gasteiger partial charge >= 0.3 is 13.8 Å². The molecule has 10 nitrogen and oxygen atoms in total. The van der Waals surface area contributed by atoms with E-state index in [1.165, 1.54) is 18.2 Å². The van der Waals surface area contributed by atoms with Crippen molar-refractivity contribution < 1.29 is 44.1 Å². The molecule has 11 heteroatoms. The number of para-hydroxylation sites is 1. The van der Waals surface area contributed by atoms with Crippen LogP contribution in [0.1, 0.15) is 10.4 Å². The fourth-order valence-corrected chi connectivity index (χ4v) is 2.03. The number of carboxylic acid groups (broad SMARTS) is 1. The van der Waals surface area contributed by atoms with E-state index in [4.69, 9.17) is 14.9 Å². The summed E-state index contributed by atoms with van der Waals surface area (Å²) >= 11 is 0. The van der Waals surface area contributed by atoms with Gasteiger partial charge in [-0.15, -0.1) is 0 Å². The summed E-state index contributed by atoms with van der Waals surface area (Å²) in [6.07, 6.45) is -5.03. The van der Waals surface area contributed by atoms with Gasteiger partial charge in [-0.2, -0.15) is 0 Å². The van der Waals surface area contributed by atoms with Crippen molar-refractivity contribution in [3.63, 3.8) is 0 Å². The molecule has 1 aromatic rings. The molecule has 0 heterocycles. The molecule has 0 radical (unpaired) electrons. The molecule has 0 aliphatic rings. The van der Waals surface area contributed by atoms with Crippen molar-refractivity contribution >= 4 is 19.5 Å². The van der Waals surface area contributed by atoms with Crippen LogP contribution in [0.2, 0.25) is 0 Å². The van der Waals surface area contributed by atoms with E-state index >= 15 is 0 Å². The Labute approximate surface area is 131 Å².